The number of likely N-dealkylation sites (tertiary alicyclic amines) is 1. The number of aryl methyl sites for hydroxylation is 1. The average Bonchev–Trinajstić information content (AvgIpc) is 3.16. The lowest BCUT2D eigenvalue weighted by atomic mass is 9.95. The molecule has 28 heavy (non-hydrogen) atoms. The summed E-state index contributed by atoms with van der Waals surface area (Å²) < 4.78 is 5.99. The molecule has 2 aromatic heterocycles. The lowest BCUT2D eigenvalue weighted by Crippen LogP contribution is -2.34. The van der Waals surface area contributed by atoms with Crippen molar-refractivity contribution in [2.24, 2.45) is 0 Å². The van der Waals surface area contributed by atoms with Crippen molar-refractivity contribution in [1.29, 1.82) is 0 Å². The average molecular weight is 377 g/mol. The number of piperidine rings is 1. The summed E-state index contributed by atoms with van der Waals surface area (Å²) in [6.07, 6.45) is 5.87. The van der Waals surface area contributed by atoms with Crippen LogP contribution in [0.15, 0.2) is 53.2 Å². The molecule has 0 amide bonds. The summed E-state index contributed by atoms with van der Waals surface area (Å²) in [5.74, 6) is 0.854. The Balaban J connectivity index is 1.48. The van der Waals surface area contributed by atoms with Gasteiger partial charge in [-0.05, 0) is 44.5 Å². The summed E-state index contributed by atoms with van der Waals surface area (Å²) in [6.45, 7) is 4.60. The molecular formula is C22H23N3O3. The molecule has 0 unspecified atom stereocenters. The fourth-order valence-electron chi connectivity index (χ4n) is 3.83. The number of hydrogen-bond acceptors (Lipinski definition) is 5. The quantitative estimate of drug-likeness (QED) is 0.720. The monoisotopic (exact) mass is 377 g/mol. The molecule has 0 saturated carbocycles. The zero-order valence-electron chi connectivity index (χ0n) is 15.8. The first-order valence-corrected chi connectivity index (χ1v) is 9.52. The Bertz CT molecular complexity index is 982. The number of carboxylic acids is 1. The van der Waals surface area contributed by atoms with E-state index in [2.05, 4.69) is 14.9 Å². The van der Waals surface area contributed by atoms with E-state index in [1.165, 1.54) is 0 Å². The molecule has 1 aliphatic rings. The summed E-state index contributed by atoms with van der Waals surface area (Å²) in [7, 11) is 0. The molecule has 1 aliphatic heterocycles. The zero-order valence-corrected chi connectivity index (χ0v) is 15.8. The largest absolute Gasteiger partial charge is 0.478 e. The minimum atomic E-state index is -0.952. The van der Waals surface area contributed by atoms with E-state index >= 15 is 0 Å². The third-order valence-electron chi connectivity index (χ3n) is 5.16. The topological polar surface area (TPSA) is 79.5 Å². The van der Waals surface area contributed by atoms with Gasteiger partial charge in [-0.3, -0.25) is 14.9 Å². The number of aromatic nitrogens is 2. The fraction of sp³-hybridized carbons (Fsp3) is 0.318. The van der Waals surface area contributed by atoms with Crippen LogP contribution >= 0.6 is 0 Å². The van der Waals surface area contributed by atoms with Gasteiger partial charge >= 0.3 is 5.97 Å². The highest BCUT2D eigenvalue weighted by molar-refractivity contribution is 5.95. The van der Waals surface area contributed by atoms with Gasteiger partial charge in [0.2, 0.25) is 0 Å². The molecule has 4 rings (SSSR count). The Morgan fingerprint density at radius 3 is 2.93 bits per heavy atom. The predicted molar refractivity (Wildman–Crippen MR) is 105 cm³/mol. The molecule has 1 atom stereocenters. The summed E-state index contributed by atoms with van der Waals surface area (Å²) in [5.41, 5.74) is 2.86. The number of aromatic carboxylic acids is 1. The Labute approximate surface area is 163 Å². The van der Waals surface area contributed by atoms with Crippen LogP contribution in [-0.2, 0) is 6.54 Å². The molecule has 0 radical (unpaired) electrons. The minimum absolute atomic E-state index is 0.249. The van der Waals surface area contributed by atoms with Gasteiger partial charge in [-0.25, -0.2) is 4.79 Å². The van der Waals surface area contributed by atoms with E-state index in [9.17, 15) is 9.90 Å². The predicted octanol–water partition coefficient (Wildman–Crippen LogP) is 4.12. The van der Waals surface area contributed by atoms with Gasteiger partial charge in [0, 0.05) is 30.4 Å². The van der Waals surface area contributed by atoms with Gasteiger partial charge in [-0.2, -0.15) is 0 Å². The number of nitrogens with zero attached hydrogens (tertiary/aromatic N) is 3. The molecule has 144 valence electrons. The van der Waals surface area contributed by atoms with Crippen LogP contribution in [-0.4, -0.2) is 39.0 Å². The van der Waals surface area contributed by atoms with Crippen LogP contribution in [0.25, 0.3) is 11.3 Å². The first-order valence-electron chi connectivity index (χ1n) is 9.52. The molecule has 0 aliphatic carbocycles. The molecule has 0 bridgehead atoms. The SMILES string of the molecule is Cc1cncc([C@H]2CCCN(Cc3ccc(-c4ccccc4C(=O)O)o3)C2)n1. The normalized spacial score (nSPS) is 17.5. The molecule has 1 N–H and O–H groups in total. The first kappa shape index (κ1) is 18.4. The van der Waals surface area contributed by atoms with Crippen LogP contribution in [0.3, 0.4) is 0 Å². The molecule has 3 heterocycles. The molecule has 3 aromatic rings. The van der Waals surface area contributed by atoms with Crippen molar-refractivity contribution in [3.63, 3.8) is 0 Å². The van der Waals surface area contributed by atoms with Crippen LogP contribution in [0.5, 0.6) is 0 Å². The summed E-state index contributed by atoms with van der Waals surface area (Å²) in [4.78, 5) is 22.7. The van der Waals surface area contributed by atoms with Crippen LogP contribution in [0.2, 0.25) is 0 Å². The third kappa shape index (κ3) is 3.97. The number of hydrogen-bond donors (Lipinski definition) is 1. The van der Waals surface area contributed by atoms with Crippen LogP contribution in [0.1, 0.15) is 46.3 Å². The Hall–Kier alpha value is -2.99. The van der Waals surface area contributed by atoms with Crippen molar-refractivity contribution < 1.29 is 14.3 Å². The van der Waals surface area contributed by atoms with Gasteiger partial charge in [0.1, 0.15) is 11.5 Å². The van der Waals surface area contributed by atoms with E-state index in [1.807, 2.05) is 31.3 Å². The van der Waals surface area contributed by atoms with Crippen LogP contribution in [0.4, 0.5) is 0 Å². The van der Waals surface area contributed by atoms with Crippen molar-refractivity contribution in [2.75, 3.05) is 13.1 Å². The van der Waals surface area contributed by atoms with E-state index in [4.69, 9.17) is 4.42 Å². The van der Waals surface area contributed by atoms with Gasteiger partial charge < -0.3 is 9.52 Å². The highest BCUT2D eigenvalue weighted by Crippen LogP contribution is 2.29. The maximum Gasteiger partial charge on any atom is 0.336 e. The van der Waals surface area contributed by atoms with Gasteiger partial charge in [0.15, 0.2) is 0 Å². The molecule has 1 fully saturated rings. The van der Waals surface area contributed by atoms with Crippen LogP contribution < -0.4 is 0 Å². The standard InChI is InChI=1S/C22H23N3O3/c1-15-11-23-12-20(24-15)16-5-4-10-25(13-16)14-17-8-9-21(28-17)18-6-2-3-7-19(18)22(26)27/h2-3,6-9,11-12,16H,4-5,10,13-14H2,1H3,(H,26,27)/t16-/m0/s1. The van der Waals surface area contributed by atoms with Crippen molar-refractivity contribution in [3.05, 3.63) is 71.5 Å². The summed E-state index contributed by atoms with van der Waals surface area (Å²) in [6, 6.07) is 10.7. The maximum atomic E-state index is 11.5. The van der Waals surface area contributed by atoms with Gasteiger partial charge in [-0.15, -0.1) is 0 Å². The summed E-state index contributed by atoms with van der Waals surface area (Å²) in [5, 5.41) is 9.39. The van der Waals surface area contributed by atoms with Crippen molar-refractivity contribution in [2.45, 2.75) is 32.2 Å². The molecule has 1 aromatic carbocycles. The minimum Gasteiger partial charge on any atom is -0.478 e. The number of rotatable bonds is 5. The van der Waals surface area contributed by atoms with E-state index in [0.29, 0.717) is 23.8 Å². The lowest BCUT2D eigenvalue weighted by Gasteiger charge is -2.31. The number of carbonyl (C=O) groups is 1. The highest BCUT2D eigenvalue weighted by atomic mass is 16.4. The second kappa shape index (κ2) is 7.94. The number of furan rings is 1. The molecule has 0 spiro atoms. The Morgan fingerprint density at radius 1 is 1.25 bits per heavy atom. The van der Waals surface area contributed by atoms with Crippen molar-refractivity contribution in [3.8, 4) is 11.3 Å². The van der Waals surface area contributed by atoms with E-state index < -0.39 is 5.97 Å². The Kier molecular flexibility index (Phi) is 5.21. The summed E-state index contributed by atoms with van der Waals surface area (Å²) >= 11 is 0. The second-order valence-corrected chi connectivity index (χ2v) is 7.28. The number of benzene rings is 1. The fourth-order valence-corrected chi connectivity index (χ4v) is 3.83. The van der Waals surface area contributed by atoms with Gasteiger partial charge in [0.05, 0.1) is 23.5 Å². The second-order valence-electron chi connectivity index (χ2n) is 7.28. The van der Waals surface area contributed by atoms with Crippen molar-refractivity contribution in [1.82, 2.24) is 14.9 Å². The molecule has 1 saturated heterocycles. The van der Waals surface area contributed by atoms with Gasteiger partial charge in [0.25, 0.3) is 0 Å². The maximum absolute atomic E-state index is 11.5. The number of carboxylic acid groups (broad SMARTS) is 1. The third-order valence-corrected chi connectivity index (χ3v) is 5.16. The first-order chi connectivity index (χ1) is 13.6. The molecular weight excluding hydrogens is 354 g/mol. The van der Waals surface area contributed by atoms with Crippen LogP contribution in [0, 0.1) is 6.92 Å². The van der Waals surface area contributed by atoms with Gasteiger partial charge in [-0.1, -0.05) is 18.2 Å². The van der Waals surface area contributed by atoms with E-state index in [1.54, 1.807) is 24.4 Å². The molecule has 6 nitrogen and oxygen atoms in total. The van der Waals surface area contributed by atoms with Crippen molar-refractivity contribution >= 4 is 5.97 Å². The highest BCUT2D eigenvalue weighted by Gasteiger charge is 2.24. The van der Waals surface area contributed by atoms with E-state index in [-0.39, 0.29) is 5.56 Å². The Morgan fingerprint density at radius 2 is 2.11 bits per heavy atom. The smallest absolute Gasteiger partial charge is 0.336 e. The molecule has 6 heteroatoms. The lowest BCUT2D eigenvalue weighted by molar-refractivity contribution is 0.0697. The van der Waals surface area contributed by atoms with E-state index in [0.717, 1.165) is 43.1 Å². The zero-order chi connectivity index (χ0) is 19.5.